The number of aromatic nitrogens is 4. The van der Waals surface area contributed by atoms with E-state index in [1.165, 1.54) is 0 Å². The first-order valence-electron chi connectivity index (χ1n) is 9.92. The highest BCUT2D eigenvalue weighted by atomic mass is 16.5. The zero-order valence-electron chi connectivity index (χ0n) is 16.7. The van der Waals surface area contributed by atoms with Crippen molar-refractivity contribution < 1.29 is 9.47 Å². The van der Waals surface area contributed by atoms with Crippen LogP contribution in [0.25, 0.3) is 22.3 Å². The van der Waals surface area contributed by atoms with Gasteiger partial charge in [-0.05, 0) is 31.5 Å². The molecule has 2 aromatic heterocycles. The monoisotopic (exact) mass is 395 g/mol. The van der Waals surface area contributed by atoms with Gasteiger partial charge in [0, 0.05) is 31.3 Å². The van der Waals surface area contributed by atoms with Gasteiger partial charge in [0.05, 0.1) is 25.6 Å². The van der Waals surface area contributed by atoms with Crippen LogP contribution in [-0.2, 0) is 0 Å². The summed E-state index contributed by atoms with van der Waals surface area (Å²) in [5, 5.41) is 9.15. The summed E-state index contributed by atoms with van der Waals surface area (Å²) in [5.41, 5.74) is 8.85. The molecule has 152 valence electrons. The molecular weight excluding hydrogens is 370 g/mol. The molecule has 0 radical (unpaired) electrons. The van der Waals surface area contributed by atoms with Gasteiger partial charge in [-0.2, -0.15) is 15.1 Å². The third-order valence-corrected chi connectivity index (χ3v) is 5.71. The van der Waals surface area contributed by atoms with E-state index in [1.807, 2.05) is 22.9 Å². The summed E-state index contributed by atoms with van der Waals surface area (Å²) in [4.78, 5) is 11.6. The lowest BCUT2D eigenvalue weighted by atomic mass is 10.1. The Hall–Kier alpha value is -3.07. The van der Waals surface area contributed by atoms with E-state index >= 15 is 0 Å². The number of benzene rings is 1. The molecule has 4 heterocycles. The maximum absolute atomic E-state index is 6.46. The zero-order valence-corrected chi connectivity index (χ0v) is 16.7. The zero-order chi connectivity index (χ0) is 20.0. The van der Waals surface area contributed by atoms with E-state index in [9.17, 15) is 0 Å². The molecule has 0 bridgehead atoms. The highest BCUT2D eigenvalue weighted by molar-refractivity contribution is 5.99. The molecule has 2 fully saturated rings. The molecule has 2 aliphatic heterocycles. The Labute approximate surface area is 168 Å². The molecule has 3 N–H and O–H groups in total. The number of anilines is 2. The molecule has 0 aliphatic carbocycles. The number of fused-ring (bicyclic) bond motifs is 1. The van der Waals surface area contributed by atoms with Crippen LogP contribution in [0.1, 0.15) is 18.9 Å². The molecule has 0 amide bonds. The summed E-state index contributed by atoms with van der Waals surface area (Å²) in [6.45, 7) is 3.75. The van der Waals surface area contributed by atoms with Crippen LogP contribution >= 0.6 is 0 Å². The third-order valence-electron chi connectivity index (χ3n) is 5.71. The number of rotatable bonds is 5. The second-order valence-corrected chi connectivity index (χ2v) is 7.49. The fourth-order valence-corrected chi connectivity index (χ4v) is 3.96. The molecule has 3 aromatic rings. The van der Waals surface area contributed by atoms with Crippen molar-refractivity contribution in [3.8, 4) is 22.8 Å². The van der Waals surface area contributed by atoms with E-state index in [4.69, 9.17) is 25.3 Å². The minimum atomic E-state index is 0.234. The summed E-state index contributed by atoms with van der Waals surface area (Å²) in [7, 11) is 3.27. The van der Waals surface area contributed by atoms with E-state index in [1.54, 1.807) is 14.2 Å². The molecule has 9 heteroatoms. The minimum Gasteiger partial charge on any atom is -0.497 e. The number of hydrogen-bond donors (Lipinski definition) is 2. The first-order chi connectivity index (χ1) is 14.2. The first-order valence-corrected chi connectivity index (χ1v) is 9.92. The molecule has 0 saturated carbocycles. The van der Waals surface area contributed by atoms with Crippen LogP contribution in [0.2, 0.25) is 0 Å². The molecule has 0 unspecified atom stereocenters. The Morgan fingerprint density at radius 2 is 1.86 bits per heavy atom. The van der Waals surface area contributed by atoms with Gasteiger partial charge in [-0.1, -0.05) is 0 Å². The molecular formula is C20H25N7O2. The highest BCUT2D eigenvalue weighted by Crippen LogP contribution is 2.37. The number of nitrogens with one attached hydrogen (secondary N) is 1. The summed E-state index contributed by atoms with van der Waals surface area (Å²) in [6, 6.07) is 5.94. The van der Waals surface area contributed by atoms with Crippen molar-refractivity contribution in [3.63, 3.8) is 0 Å². The van der Waals surface area contributed by atoms with Crippen LogP contribution < -0.4 is 25.4 Å². The van der Waals surface area contributed by atoms with E-state index in [2.05, 4.69) is 15.2 Å². The molecule has 2 saturated heterocycles. The van der Waals surface area contributed by atoms with E-state index in [-0.39, 0.29) is 6.04 Å². The maximum Gasteiger partial charge on any atom is 0.229 e. The van der Waals surface area contributed by atoms with Crippen molar-refractivity contribution in [2.75, 3.05) is 51.0 Å². The van der Waals surface area contributed by atoms with Gasteiger partial charge < -0.3 is 25.4 Å². The molecule has 1 aromatic carbocycles. The number of nitrogen functional groups attached to an aromatic ring is 1. The van der Waals surface area contributed by atoms with Gasteiger partial charge in [0.1, 0.15) is 23.0 Å². The summed E-state index contributed by atoms with van der Waals surface area (Å²) in [5.74, 6) is 2.52. The predicted molar refractivity (Wildman–Crippen MR) is 112 cm³/mol. The van der Waals surface area contributed by atoms with Gasteiger partial charge in [-0.25, -0.2) is 4.68 Å². The fourth-order valence-electron chi connectivity index (χ4n) is 3.96. The van der Waals surface area contributed by atoms with Crippen molar-refractivity contribution in [2.24, 2.45) is 0 Å². The average Bonchev–Trinajstić information content (AvgIpc) is 3.34. The van der Waals surface area contributed by atoms with Crippen molar-refractivity contribution in [1.29, 1.82) is 0 Å². The number of methoxy groups -OCH3 is 2. The van der Waals surface area contributed by atoms with E-state index < -0.39 is 0 Å². The largest absolute Gasteiger partial charge is 0.497 e. The Kier molecular flexibility index (Phi) is 4.39. The van der Waals surface area contributed by atoms with Crippen molar-refractivity contribution in [3.05, 3.63) is 18.2 Å². The van der Waals surface area contributed by atoms with Gasteiger partial charge in [0.25, 0.3) is 0 Å². The topological polar surface area (TPSA) is 103 Å². The fraction of sp³-hybridized carbons (Fsp3) is 0.450. The number of hydrogen-bond acceptors (Lipinski definition) is 8. The molecule has 5 rings (SSSR count). The predicted octanol–water partition coefficient (Wildman–Crippen LogP) is 1.84. The van der Waals surface area contributed by atoms with E-state index in [0.29, 0.717) is 23.3 Å². The Bertz CT molecular complexity index is 1030. The Morgan fingerprint density at radius 1 is 1.10 bits per heavy atom. The number of ether oxygens (including phenoxy) is 2. The molecule has 9 nitrogen and oxygen atoms in total. The second-order valence-electron chi connectivity index (χ2n) is 7.49. The smallest absolute Gasteiger partial charge is 0.229 e. The van der Waals surface area contributed by atoms with Gasteiger partial charge in [-0.3, -0.25) is 0 Å². The average molecular weight is 395 g/mol. The van der Waals surface area contributed by atoms with Gasteiger partial charge in [0.2, 0.25) is 5.95 Å². The summed E-state index contributed by atoms with van der Waals surface area (Å²) < 4.78 is 12.9. The molecule has 2 aliphatic rings. The molecule has 0 spiro atoms. The molecule has 29 heavy (non-hydrogen) atoms. The van der Waals surface area contributed by atoms with Crippen LogP contribution in [-0.4, -0.2) is 60.1 Å². The minimum absolute atomic E-state index is 0.234. The molecule has 1 atom stereocenters. The summed E-state index contributed by atoms with van der Waals surface area (Å²) in [6.07, 6.45) is 2.16. The Balaban J connectivity index is 1.73. The van der Waals surface area contributed by atoms with Crippen LogP contribution in [0, 0.1) is 0 Å². The van der Waals surface area contributed by atoms with Crippen molar-refractivity contribution >= 4 is 22.8 Å². The van der Waals surface area contributed by atoms with Crippen LogP contribution in [0.3, 0.4) is 0 Å². The number of nitrogens with two attached hydrogens (primary N) is 1. The highest BCUT2D eigenvalue weighted by Gasteiger charge is 2.27. The standard InChI is InChI=1S/C20H25N7O2/c1-28-14-8-12(9-15(10-14)29-2)17-16-18(21)23-20(26-6-3-7-26)24-19(16)27(25-17)13-4-5-22-11-13/h8-10,13,22H,3-7,11H2,1-2H3,(H2,21,23,24)/t13-/m0/s1. The van der Waals surface area contributed by atoms with Gasteiger partial charge >= 0.3 is 0 Å². The number of nitrogens with zero attached hydrogens (tertiary/aromatic N) is 5. The van der Waals surface area contributed by atoms with Crippen molar-refractivity contribution in [2.45, 2.75) is 18.9 Å². The van der Waals surface area contributed by atoms with Gasteiger partial charge in [-0.15, -0.1) is 0 Å². The maximum atomic E-state index is 6.46. The van der Waals surface area contributed by atoms with E-state index in [0.717, 1.165) is 61.3 Å². The lowest BCUT2D eigenvalue weighted by Gasteiger charge is -2.30. The van der Waals surface area contributed by atoms with Crippen LogP contribution in [0.15, 0.2) is 18.2 Å². The van der Waals surface area contributed by atoms with Crippen LogP contribution in [0.5, 0.6) is 11.5 Å². The SMILES string of the molecule is COc1cc(OC)cc(-c2nn([C@H]3CCNC3)c3nc(N4CCC4)nc(N)c23)c1. The van der Waals surface area contributed by atoms with Crippen molar-refractivity contribution in [1.82, 2.24) is 25.1 Å². The quantitative estimate of drug-likeness (QED) is 0.675. The second kappa shape index (κ2) is 7.07. The summed E-state index contributed by atoms with van der Waals surface area (Å²) >= 11 is 0. The lowest BCUT2D eigenvalue weighted by molar-refractivity contribution is 0.394. The van der Waals surface area contributed by atoms with Gasteiger partial charge in [0.15, 0.2) is 5.65 Å². The lowest BCUT2D eigenvalue weighted by Crippen LogP contribution is -2.38. The normalized spacial score (nSPS) is 18.8. The third kappa shape index (κ3) is 3.02. The first kappa shape index (κ1) is 18.0. The Morgan fingerprint density at radius 3 is 2.45 bits per heavy atom. The van der Waals surface area contributed by atoms with Crippen LogP contribution in [0.4, 0.5) is 11.8 Å².